The number of benzene rings is 2. The number of hydrogen-bond acceptors (Lipinski definition) is 1. The molecule has 0 saturated carbocycles. The molecular formula is C18H19ClFNO. The van der Waals surface area contributed by atoms with Crippen molar-refractivity contribution in [1.29, 1.82) is 0 Å². The van der Waals surface area contributed by atoms with Crippen molar-refractivity contribution >= 4 is 23.2 Å². The van der Waals surface area contributed by atoms with E-state index in [9.17, 15) is 9.18 Å². The van der Waals surface area contributed by atoms with Crippen LogP contribution in [0.5, 0.6) is 0 Å². The van der Waals surface area contributed by atoms with Crippen LogP contribution in [0.4, 0.5) is 10.1 Å². The van der Waals surface area contributed by atoms with Gasteiger partial charge in [-0.3, -0.25) is 4.79 Å². The minimum Gasteiger partial charge on any atom is -0.325 e. The normalized spacial score (nSPS) is 10.5. The number of halogens is 2. The Balaban J connectivity index is 2.20. The van der Waals surface area contributed by atoms with Gasteiger partial charge in [-0.2, -0.15) is 0 Å². The molecule has 0 fully saturated rings. The number of amides is 1. The van der Waals surface area contributed by atoms with Gasteiger partial charge in [-0.1, -0.05) is 43.6 Å². The number of nitrogens with one attached hydrogen (secondary N) is 1. The molecule has 0 radical (unpaired) electrons. The second kappa shape index (κ2) is 7.41. The van der Waals surface area contributed by atoms with Crippen LogP contribution in [0.3, 0.4) is 0 Å². The first-order chi connectivity index (χ1) is 10.5. The highest BCUT2D eigenvalue weighted by Crippen LogP contribution is 2.29. The lowest BCUT2D eigenvalue weighted by Crippen LogP contribution is -2.17. The number of aryl methyl sites for hydroxylation is 1. The molecule has 1 N–H and O–H groups in total. The molecular weight excluding hydrogens is 301 g/mol. The zero-order valence-electron chi connectivity index (χ0n) is 12.7. The van der Waals surface area contributed by atoms with Crippen molar-refractivity contribution in [2.45, 2.75) is 33.1 Å². The van der Waals surface area contributed by atoms with E-state index in [0.717, 1.165) is 35.2 Å². The van der Waals surface area contributed by atoms with Crippen molar-refractivity contribution in [3.63, 3.8) is 0 Å². The standard InChI is InChI=1S/C18H19ClFNO/c1-3-13-7-10-16(19)15(4-2)18(13)21-17(22)11-12-5-8-14(20)9-6-12/h5-10H,3-4,11H2,1-2H3,(H,21,22). The van der Waals surface area contributed by atoms with Crippen LogP contribution in [-0.4, -0.2) is 5.91 Å². The fourth-order valence-electron chi connectivity index (χ4n) is 2.44. The summed E-state index contributed by atoms with van der Waals surface area (Å²) >= 11 is 6.23. The Labute approximate surface area is 135 Å². The van der Waals surface area contributed by atoms with Crippen molar-refractivity contribution in [1.82, 2.24) is 0 Å². The highest BCUT2D eigenvalue weighted by atomic mass is 35.5. The molecule has 0 aliphatic heterocycles. The van der Waals surface area contributed by atoms with Gasteiger partial charge in [-0.15, -0.1) is 0 Å². The Hall–Kier alpha value is -1.87. The number of hydrogen-bond donors (Lipinski definition) is 1. The highest BCUT2D eigenvalue weighted by molar-refractivity contribution is 6.32. The third-order valence-corrected chi connectivity index (χ3v) is 3.97. The van der Waals surface area contributed by atoms with Crippen LogP contribution in [0.25, 0.3) is 0 Å². The maximum Gasteiger partial charge on any atom is 0.228 e. The molecule has 0 heterocycles. The van der Waals surface area contributed by atoms with E-state index < -0.39 is 0 Å². The summed E-state index contributed by atoms with van der Waals surface area (Å²) in [5.74, 6) is -0.432. The molecule has 2 aromatic carbocycles. The van der Waals surface area contributed by atoms with Crippen LogP contribution in [-0.2, 0) is 24.1 Å². The van der Waals surface area contributed by atoms with Gasteiger partial charge in [0.2, 0.25) is 5.91 Å². The summed E-state index contributed by atoms with van der Waals surface area (Å²) in [6.45, 7) is 4.05. The molecule has 0 aliphatic carbocycles. The first kappa shape index (κ1) is 16.5. The van der Waals surface area contributed by atoms with Gasteiger partial charge < -0.3 is 5.32 Å². The maximum absolute atomic E-state index is 12.9. The summed E-state index contributed by atoms with van der Waals surface area (Å²) in [4.78, 5) is 12.3. The van der Waals surface area contributed by atoms with Crippen molar-refractivity contribution in [3.8, 4) is 0 Å². The molecule has 1 amide bonds. The molecule has 0 unspecified atom stereocenters. The van der Waals surface area contributed by atoms with Crippen LogP contribution in [0.2, 0.25) is 5.02 Å². The fraction of sp³-hybridized carbons (Fsp3) is 0.278. The largest absolute Gasteiger partial charge is 0.325 e. The van der Waals surface area contributed by atoms with E-state index in [1.54, 1.807) is 12.1 Å². The van der Waals surface area contributed by atoms with E-state index in [-0.39, 0.29) is 18.1 Å². The minimum atomic E-state index is -0.305. The predicted octanol–water partition coefficient (Wildman–Crippen LogP) is 4.79. The summed E-state index contributed by atoms with van der Waals surface area (Å²) in [6.07, 6.45) is 1.77. The van der Waals surface area contributed by atoms with Gasteiger partial charge in [0.15, 0.2) is 0 Å². The van der Waals surface area contributed by atoms with E-state index in [1.807, 2.05) is 26.0 Å². The highest BCUT2D eigenvalue weighted by Gasteiger charge is 2.13. The first-order valence-corrected chi connectivity index (χ1v) is 7.77. The van der Waals surface area contributed by atoms with Crippen LogP contribution in [0.15, 0.2) is 36.4 Å². The SMILES string of the molecule is CCc1ccc(Cl)c(CC)c1NC(=O)Cc1ccc(F)cc1. The third kappa shape index (κ3) is 3.86. The van der Waals surface area contributed by atoms with Crippen molar-refractivity contribution in [3.05, 3.63) is 63.9 Å². The van der Waals surface area contributed by atoms with E-state index in [0.29, 0.717) is 5.02 Å². The molecule has 0 saturated heterocycles. The van der Waals surface area contributed by atoms with Gasteiger partial charge in [0.05, 0.1) is 6.42 Å². The number of carbonyl (C=O) groups excluding carboxylic acids is 1. The van der Waals surface area contributed by atoms with Gasteiger partial charge in [0.25, 0.3) is 0 Å². The lowest BCUT2D eigenvalue weighted by molar-refractivity contribution is -0.115. The lowest BCUT2D eigenvalue weighted by Gasteiger charge is -2.16. The van der Waals surface area contributed by atoms with Crippen molar-refractivity contribution in [2.75, 3.05) is 5.32 Å². The molecule has 0 aromatic heterocycles. The van der Waals surface area contributed by atoms with E-state index in [2.05, 4.69) is 5.32 Å². The second-order valence-electron chi connectivity index (χ2n) is 5.12. The Morgan fingerprint density at radius 2 is 1.77 bits per heavy atom. The molecule has 0 spiro atoms. The topological polar surface area (TPSA) is 29.1 Å². The van der Waals surface area contributed by atoms with E-state index >= 15 is 0 Å². The molecule has 2 nitrogen and oxygen atoms in total. The molecule has 116 valence electrons. The Bertz CT molecular complexity index is 668. The van der Waals surface area contributed by atoms with E-state index in [1.165, 1.54) is 12.1 Å². The van der Waals surface area contributed by atoms with Crippen LogP contribution in [0.1, 0.15) is 30.5 Å². The Morgan fingerprint density at radius 1 is 1.09 bits per heavy atom. The first-order valence-electron chi connectivity index (χ1n) is 7.39. The zero-order chi connectivity index (χ0) is 16.1. The molecule has 0 aliphatic rings. The smallest absolute Gasteiger partial charge is 0.228 e. The van der Waals surface area contributed by atoms with Crippen LogP contribution >= 0.6 is 11.6 Å². The number of rotatable bonds is 5. The van der Waals surface area contributed by atoms with Gasteiger partial charge in [-0.25, -0.2) is 4.39 Å². The van der Waals surface area contributed by atoms with Gasteiger partial charge in [0, 0.05) is 10.7 Å². The summed E-state index contributed by atoms with van der Waals surface area (Å²) in [5.41, 5.74) is 3.60. The predicted molar refractivity (Wildman–Crippen MR) is 88.9 cm³/mol. The number of anilines is 1. The molecule has 2 rings (SSSR count). The van der Waals surface area contributed by atoms with E-state index in [4.69, 9.17) is 11.6 Å². The average Bonchev–Trinajstić information content (AvgIpc) is 2.50. The summed E-state index contributed by atoms with van der Waals surface area (Å²) < 4.78 is 12.9. The minimum absolute atomic E-state index is 0.127. The second-order valence-corrected chi connectivity index (χ2v) is 5.53. The van der Waals surface area contributed by atoms with Gasteiger partial charge in [-0.05, 0) is 47.7 Å². The molecule has 0 atom stereocenters. The Kier molecular flexibility index (Phi) is 5.56. The van der Waals surface area contributed by atoms with Crippen LogP contribution in [0, 0.1) is 5.82 Å². The van der Waals surface area contributed by atoms with Gasteiger partial charge in [0.1, 0.15) is 5.82 Å². The lowest BCUT2D eigenvalue weighted by atomic mass is 10.0. The summed E-state index contributed by atoms with van der Waals surface area (Å²) in [5, 5.41) is 3.63. The quantitative estimate of drug-likeness (QED) is 0.844. The number of carbonyl (C=O) groups is 1. The monoisotopic (exact) mass is 319 g/mol. The molecule has 4 heteroatoms. The molecule has 0 bridgehead atoms. The molecule has 22 heavy (non-hydrogen) atoms. The average molecular weight is 320 g/mol. The van der Waals surface area contributed by atoms with Crippen LogP contribution < -0.4 is 5.32 Å². The van der Waals surface area contributed by atoms with Gasteiger partial charge >= 0.3 is 0 Å². The zero-order valence-corrected chi connectivity index (χ0v) is 13.5. The maximum atomic E-state index is 12.9. The molecule has 2 aromatic rings. The third-order valence-electron chi connectivity index (χ3n) is 3.62. The fourth-order valence-corrected chi connectivity index (χ4v) is 2.73. The van der Waals surface area contributed by atoms with Crippen molar-refractivity contribution in [2.24, 2.45) is 0 Å². The summed E-state index contributed by atoms with van der Waals surface area (Å²) in [7, 11) is 0. The summed E-state index contributed by atoms with van der Waals surface area (Å²) in [6, 6.07) is 9.76. The van der Waals surface area contributed by atoms with Crippen molar-refractivity contribution < 1.29 is 9.18 Å². The Morgan fingerprint density at radius 3 is 2.36 bits per heavy atom.